The van der Waals surface area contributed by atoms with E-state index in [1.807, 2.05) is 6.07 Å². The molecule has 5 nitrogen and oxygen atoms in total. The summed E-state index contributed by atoms with van der Waals surface area (Å²) in [5, 5.41) is 2.57. The molecule has 1 fully saturated rings. The molecule has 1 N–H and O–H groups in total. The lowest BCUT2D eigenvalue weighted by molar-refractivity contribution is -0.122. The fourth-order valence-electron chi connectivity index (χ4n) is 2.18. The molecule has 1 saturated heterocycles. The summed E-state index contributed by atoms with van der Waals surface area (Å²) in [6.45, 7) is 1.79. The van der Waals surface area contributed by atoms with Gasteiger partial charge in [0.15, 0.2) is 5.11 Å². The van der Waals surface area contributed by atoms with Crippen molar-refractivity contribution in [3.63, 3.8) is 0 Å². The van der Waals surface area contributed by atoms with Crippen molar-refractivity contribution in [1.29, 1.82) is 0 Å². The highest BCUT2D eigenvalue weighted by Gasteiger charge is 2.34. The topological polar surface area (TPSA) is 62.6 Å². The molecule has 1 aromatic heterocycles. The zero-order valence-electron chi connectivity index (χ0n) is 12.0. The van der Waals surface area contributed by atoms with Gasteiger partial charge in [0.25, 0.3) is 11.8 Å². The number of carbonyl (C=O) groups excluding carboxylic acids is 2. The molecule has 0 spiro atoms. The van der Waals surface area contributed by atoms with E-state index in [0.717, 1.165) is 4.47 Å². The minimum atomic E-state index is -0.541. The third-order valence-electron chi connectivity index (χ3n) is 3.22. The number of rotatable bonds is 2. The number of hydrogen-bond donors (Lipinski definition) is 1. The predicted molar refractivity (Wildman–Crippen MR) is 93.8 cm³/mol. The Morgan fingerprint density at radius 2 is 2.04 bits per heavy atom. The van der Waals surface area contributed by atoms with Crippen molar-refractivity contribution in [3.8, 4) is 0 Å². The number of hydrogen-bond acceptors (Lipinski definition) is 4. The zero-order chi connectivity index (χ0) is 16.6. The quantitative estimate of drug-likeness (QED) is 0.485. The van der Waals surface area contributed by atoms with Gasteiger partial charge in [-0.3, -0.25) is 19.8 Å². The maximum absolute atomic E-state index is 12.7. The summed E-state index contributed by atoms with van der Waals surface area (Å²) in [5.41, 5.74) is 0.531. The van der Waals surface area contributed by atoms with E-state index >= 15 is 0 Å². The third-order valence-corrected chi connectivity index (χ3v) is 3.99. The Labute approximate surface area is 146 Å². The third kappa shape index (κ3) is 3.11. The molecular formula is C16H11BrN2O3S. The summed E-state index contributed by atoms with van der Waals surface area (Å²) in [7, 11) is 0. The number of furan rings is 1. The lowest BCUT2D eigenvalue weighted by Gasteiger charge is -2.28. The molecule has 1 aliphatic heterocycles. The second-order valence-corrected chi connectivity index (χ2v) is 6.19. The van der Waals surface area contributed by atoms with Gasteiger partial charge in [-0.1, -0.05) is 22.0 Å². The number of nitrogens with one attached hydrogen (secondary N) is 1. The highest BCUT2D eigenvalue weighted by molar-refractivity contribution is 9.10. The Balaban J connectivity index is 2.02. The van der Waals surface area contributed by atoms with Crippen LogP contribution in [0.3, 0.4) is 0 Å². The van der Waals surface area contributed by atoms with Crippen LogP contribution in [-0.2, 0) is 9.59 Å². The van der Waals surface area contributed by atoms with Crippen LogP contribution in [-0.4, -0.2) is 16.9 Å². The Morgan fingerprint density at radius 1 is 1.26 bits per heavy atom. The average molecular weight is 391 g/mol. The molecule has 0 aliphatic carbocycles. The van der Waals surface area contributed by atoms with Crippen LogP contribution < -0.4 is 10.2 Å². The summed E-state index contributed by atoms with van der Waals surface area (Å²) < 4.78 is 6.20. The molecule has 0 atom stereocenters. The van der Waals surface area contributed by atoms with Gasteiger partial charge in [-0.2, -0.15) is 0 Å². The van der Waals surface area contributed by atoms with Crippen LogP contribution in [0, 0.1) is 6.92 Å². The molecule has 0 unspecified atom stereocenters. The van der Waals surface area contributed by atoms with Gasteiger partial charge in [-0.15, -0.1) is 0 Å². The lowest BCUT2D eigenvalue weighted by atomic mass is 10.1. The minimum Gasteiger partial charge on any atom is -0.462 e. The van der Waals surface area contributed by atoms with Crippen LogP contribution in [0.2, 0.25) is 0 Å². The molecule has 116 valence electrons. The minimum absolute atomic E-state index is 0.0343. The first-order valence-electron chi connectivity index (χ1n) is 6.69. The second-order valence-electron chi connectivity index (χ2n) is 4.89. The number of amides is 2. The summed E-state index contributed by atoms with van der Waals surface area (Å²) in [4.78, 5) is 26.1. The molecule has 3 rings (SSSR count). The van der Waals surface area contributed by atoms with Crippen LogP contribution in [0.25, 0.3) is 6.08 Å². The number of aryl methyl sites for hydroxylation is 1. The first kappa shape index (κ1) is 15.6. The summed E-state index contributed by atoms with van der Waals surface area (Å²) in [6, 6.07) is 10.6. The maximum Gasteiger partial charge on any atom is 0.270 e. The fourth-order valence-corrected chi connectivity index (χ4v) is 2.85. The van der Waals surface area contributed by atoms with Crippen molar-refractivity contribution < 1.29 is 14.0 Å². The molecular weight excluding hydrogens is 380 g/mol. The number of carbonyl (C=O) groups is 2. The molecule has 1 aliphatic rings. The van der Waals surface area contributed by atoms with Crippen LogP contribution in [0.5, 0.6) is 0 Å². The molecule has 1 aromatic carbocycles. The number of nitrogens with zero attached hydrogens (tertiary/aromatic N) is 1. The number of benzene rings is 1. The largest absolute Gasteiger partial charge is 0.462 e. The highest BCUT2D eigenvalue weighted by atomic mass is 79.9. The van der Waals surface area contributed by atoms with E-state index in [-0.39, 0.29) is 10.7 Å². The van der Waals surface area contributed by atoms with Gasteiger partial charge in [0.1, 0.15) is 17.1 Å². The molecule has 2 amide bonds. The van der Waals surface area contributed by atoms with Gasteiger partial charge in [-0.05, 0) is 55.5 Å². The maximum atomic E-state index is 12.7. The normalized spacial score (nSPS) is 16.9. The van der Waals surface area contributed by atoms with E-state index in [9.17, 15) is 9.59 Å². The van der Waals surface area contributed by atoms with Crippen molar-refractivity contribution >= 4 is 56.8 Å². The van der Waals surface area contributed by atoms with Crippen LogP contribution in [0.15, 0.2) is 50.9 Å². The molecule has 0 bridgehead atoms. The Kier molecular flexibility index (Phi) is 4.14. The van der Waals surface area contributed by atoms with Gasteiger partial charge in [0.2, 0.25) is 0 Å². The smallest absolute Gasteiger partial charge is 0.270 e. The van der Waals surface area contributed by atoms with E-state index in [4.69, 9.17) is 16.6 Å². The van der Waals surface area contributed by atoms with E-state index in [2.05, 4.69) is 21.2 Å². The van der Waals surface area contributed by atoms with Crippen molar-refractivity contribution in [2.24, 2.45) is 0 Å². The highest BCUT2D eigenvalue weighted by Crippen LogP contribution is 2.25. The first-order chi connectivity index (χ1) is 11.0. The molecule has 0 radical (unpaired) electrons. The van der Waals surface area contributed by atoms with Crippen LogP contribution in [0.4, 0.5) is 5.69 Å². The van der Waals surface area contributed by atoms with Gasteiger partial charge in [-0.25, -0.2) is 0 Å². The van der Waals surface area contributed by atoms with E-state index in [0.29, 0.717) is 17.2 Å². The van der Waals surface area contributed by atoms with Crippen molar-refractivity contribution in [1.82, 2.24) is 5.32 Å². The fraction of sp³-hybridized carbons (Fsp3) is 0.0625. The zero-order valence-corrected chi connectivity index (χ0v) is 14.4. The molecule has 0 saturated carbocycles. The number of halogens is 1. The van der Waals surface area contributed by atoms with Crippen LogP contribution >= 0.6 is 28.1 Å². The van der Waals surface area contributed by atoms with Gasteiger partial charge >= 0.3 is 0 Å². The summed E-state index contributed by atoms with van der Waals surface area (Å²) in [6.07, 6.45) is 1.41. The first-order valence-corrected chi connectivity index (χ1v) is 7.89. The Bertz CT molecular complexity index is 857. The van der Waals surface area contributed by atoms with Crippen molar-refractivity contribution in [2.75, 3.05) is 4.90 Å². The van der Waals surface area contributed by atoms with Gasteiger partial charge < -0.3 is 4.42 Å². The molecule has 7 heteroatoms. The second kappa shape index (κ2) is 6.10. The Hall–Kier alpha value is -2.25. The predicted octanol–water partition coefficient (Wildman–Crippen LogP) is 3.18. The number of thiocarbonyl (C=S) groups is 1. The van der Waals surface area contributed by atoms with E-state index in [1.165, 1.54) is 11.0 Å². The van der Waals surface area contributed by atoms with E-state index < -0.39 is 11.8 Å². The Morgan fingerprint density at radius 3 is 2.70 bits per heavy atom. The number of anilines is 1. The lowest BCUT2D eigenvalue weighted by Crippen LogP contribution is -2.54. The molecule has 23 heavy (non-hydrogen) atoms. The van der Waals surface area contributed by atoms with Crippen molar-refractivity contribution in [3.05, 3.63) is 58.0 Å². The standard InChI is InChI=1S/C16H11BrN2O3S/c1-9-5-6-12(22-9)8-13-14(20)18-16(23)19(15(13)21)11-4-2-3-10(17)7-11/h2-8H,1H3,(H,18,20,23)/b13-8-. The van der Waals surface area contributed by atoms with Crippen molar-refractivity contribution in [2.45, 2.75) is 6.92 Å². The summed E-state index contributed by atoms with van der Waals surface area (Å²) in [5.74, 6) is 0.0918. The molecule has 2 aromatic rings. The summed E-state index contributed by atoms with van der Waals surface area (Å²) >= 11 is 8.49. The van der Waals surface area contributed by atoms with Crippen LogP contribution in [0.1, 0.15) is 11.5 Å². The SMILES string of the molecule is Cc1ccc(/C=C2/C(=O)NC(=S)N(c3cccc(Br)c3)C2=O)o1. The van der Waals surface area contributed by atoms with Gasteiger partial charge in [0, 0.05) is 4.47 Å². The van der Waals surface area contributed by atoms with Gasteiger partial charge in [0.05, 0.1) is 5.69 Å². The monoisotopic (exact) mass is 390 g/mol. The molecule has 2 heterocycles. The van der Waals surface area contributed by atoms with E-state index in [1.54, 1.807) is 37.3 Å². The average Bonchev–Trinajstić information content (AvgIpc) is 2.89.